The van der Waals surface area contributed by atoms with Gasteiger partial charge in [-0.05, 0) is 24.9 Å². The molecule has 16 heavy (non-hydrogen) atoms. The number of ketones is 1. The molecule has 0 spiro atoms. The van der Waals surface area contributed by atoms with E-state index in [1.54, 1.807) is 0 Å². The van der Waals surface area contributed by atoms with E-state index < -0.39 is 0 Å². The van der Waals surface area contributed by atoms with Crippen LogP contribution in [0.15, 0.2) is 24.3 Å². The van der Waals surface area contributed by atoms with Gasteiger partial charge in [0, 0.05) is 12.0 Å². The third kappa shape index (κ3) is 3.29. The number of thioether (sulfide) groups is 2. The summed E-state index contributed by atoms with van der Waals surface area (Å²) < 4.78 is 0.475. The van der Waals surface area contributed by atoms with Crippen LogP contribution in [-0.4, -0.2) is 21.9 Å². The van der Waals surface area contributed by atoms with Crippen LogP contribution >= 0.6 is 23.5 Å². The van der Waals surface area contributed by atoms with E-state index in [1.165, 1.54) is 23.5 Å². The molecule has 1 aliphatic rings. The molecule has 1 aromatic carbocycles. The Bertz CT molecular complexity index is 353. The normalized spacial score (nSPS) is 17.3. The summed E-state index contributed by atoms with van der Waals surface area (Å²) in [4.78, 5) is 12.0. The predicted octanol–water partition coefficient (Wildman–Crippen LogP) is 3.76. The molecule has 0 amide bonds. The smallest absolute Gasteiger partial charge is 0.164 e. The number of carbonyl (C=O) groups excluding carboxylic acids is 1. The lowest BCUT2D eigenvalue weighted by atomic mass is 10.1. The number of rotatable bonds is 3. The Morgan fingerprint density at radius 1 is 1.25 bits per heavy atom. The lowest BCUT2D eigenvalue weighted by Gasteiger charge is -2.19. The highest BCUT2D eigenvalue weighted by Crippen LogP contribution is 2.33. The van der Waals surface area contributed by atoms with Crippen molar-refractivity contribution in [3.05, 3.63) is 35.4 Å². The molecule has 0 aromatic heterocycles. The van der Waals surface area contributed by atoms with E-state index in [9.17, 15) is 4.79 Å². The molecule has 2 rings (SSSR count). The van der Waals surface area contributed by atoms with Crippen LogP contribution in [-0.2, 0) is 0 Å². The van der Waals surface area contributed by atoms with Crippen LogP contribution in [0.3, 0.4) is 0 Å². The number of aryl methyl sites for hydroxylation is 1. The zero-order valence-corrected chi connectivity index (χ0v) is 11.1. The first-order chi connectivity index (χ1) is 7.75. The van der Waals surface area contributed by atoms with Gasteiger partial charge in [0.05, 0.1) is 4.58 Å². The molecule has 0 N–H and O–H groups in total. The Hall–Kier alpha value is -0.410. The van der Waals surface area contributed by atoms with Crippen LogP contribution in [0.1, 0.15) is 28.8 Å². The number of hydrogen-bond acceptors (Lipinski definition) is 3. The molecule has 1 saturated heterocycles. The standard InChI is InChI=1S/C13H16OS2/c1-10-3-5-11(6-4-10)12(14)9-13-15-7-2-8-16-13/h3-6,13H,2,7-9H2,1H3. The van der Waals surface area contributed by atoms with Crippen molar-refractivity contribution in [2.24, 2.45) is 0 Å². The fourth-order valence-electron chi connectivity index (χ4n) is 1.66. The van der Waals surface area contributed by atoms with E-state index in [0.29, 0.717) is 11.0 Å². The maximum Gasteiger partial charge on any atom is 0.164 e. The van der Waals surface area contributed by atoms with Gasteiger partial charge in [0.15, 0.2) is 5.78 Å². The van der Waals surface area contributed by atoms with Gasteiger partial charge in [0.25, 0.3) is 0 Å². The number of carbonyl (C=O) groups is 1. The summed E-state index contributed by atoms with van der Waals surface area (Å²) in [7, 11) is 0. The van der Waals surface area contributed by atoms with Crippen molar-refractivity contribution in [1.82, 2.24) is 0 Å². The van der Waals surface area contributed by atoms with Crippen LogP contribution in [0.25, 0.3) is 0 Å². The summed E-state index contributed by atoms with van der Waals surface area (Å²) in [5, 5.41) is 0. The first kappa shape index (κ1) is 12.1. The zero-order chi connectivity index (χ0) is 11.4. The third-order valence-corrected chi connectivity index (χ3v) is 5.56. The lowest BCUT2D eigenvalue weighted by molar-refractivity contribution is 0.0987. The van der Waals surface area contributed by atoms with E-state index in [2.05, 4.69) is 0 Å². The lowest BCUT2D eigenvalue weighted by Crippen LogP contribution is -2.12. The third-order valence-electron chi connectivity index (χ3n) is 2.62. The van der Waals surface area contributed by atoms with Gasteiger partial charge in [0.1, 0.15) is 0 Å². The highest BCUT2D eigenvalue weighted by Gasteiger charge is 2.18. The molecule has 1 aliphatic heterocycles. The van der Waals surface area contributed by atoms with Crippen molar-refractivity contribution in [2.45, 2.75) is 24.3 Å². The molecule has 0 radical (unpaired) electrons. The van der Waals surface area contributed by atoms with E-state index in [0.717, 1.165) is 5.56 Å². The van der Waals surface area contributed by atoms with Gasteiger partial charge < -0.3 is 0 Å². The molecular formula is C13H16OS2. The summed E-state index contributed by atoms with van der Waals surface area (Å²) in [6.07, 6.45) is 1.96. The Morgan fingerprint density at radius 3 is 2.50 bits per heavy atom. The van der Waals surface area contributed by atoms with Crippen molar-refractivity contribution in [1.29, 1.82) is 0 Å². The highest BCUT2D eigenvalue weighted by atomic mass is 32.2. The van der Waals surface area contributed by atoms with Crippen molar-refractivity contribution in [2.75, 3.05) is 11.5 Å². The second-order valence-corrected chi connectivity index (χ2v) is 6.94. The molecule has 0 atom stereocenters. The van der Waals surface area contributed by atoms with Gasteiger partial charge in [-0.25, -0.2) is 0 Å². The van der Waals surface area contributed by atoms with Crippen LogP contribution in [0.5, 0.6) is 0 Å². The maximum atomic E-state index is 12.0. The Labute approximate surface area is 105 Å². The van der Waals surface area contributed by atoms with E-state index in [4.69, 9.17) is 0 Å². The van der Waals surface area contributed by atoms with Crippen molar-refractivity contribution in [3.8, 4) is 0 Å². The molecule has 0 bridgehead atoms. The van der Waals surface area contributed by atoms with Crippen molar-refractivity contribution >= 4 is 29.3 Å². The Morgan fingerprint density at radius 2 is 1.88 bits per heavy atom. The molecule has 3 heteroatoms. The van der Waals surface area contributed by atoms with E-state index in [1.807, 2.05) is 54.7 Å². The topological polar surface area (TPSA) is 17.1 Å². The highest BCUT2D eigenvalue weighted by molar-refractivity contribution is 8.17. The molecule has 1 aromatic rings. The van der Waals surface area contributed by atoms with Crippen LogP contribution < -0.4 is 0 Å². The van der Waals surface area contributed by atoms with E-state index in [-0.39, 0.29) is 5.78 Å². The quantitative estimate of drug-likeness (QED) is 0.762. The molecule has 0 saturated carbocycles. The second kappa shape index (κ2) is 5.78. The molecule has 86 valence electrons. The Balaban J connectivity index is 1.94. The largest absolute Gasteiger partial charge is 0.294 e. The van der Waals surface area contributed by atoms with Gasteiger partial charge in [0.2, 0.25) is 0 Å². The molecule has 1 nitrogen and oxygen atoms in total. The first-order valence-electron chi connectivity index (χ1n) is 5.59. The Kier molecular flexibility index (Phi) is 4.36. The molecular weight excluding hydrogens is 236 g/mol. The van der Waals surface area contributed by atoms with E-state index >= 15 is 0 Å². The summed E-state index contributed by atoms with van der Waals surface area (Å²) in [6.45, 7) is 2.04. The molecule has 0 unspecified atom stereocenters. The van der Waals surface area contributed by atoms with Crippen molar-refractivity contribution < 1.29 is 4.79 Å². The van der Waals surface area contributed by atoms with Crippen LogP contribution in [0.2, 0.25) is 0 Å². The molecule has 0 aliphatic carbocycles. The summed E-state index contributed by atoms with van der Waals surface area (Å²) >= 11 is 3.86. The van der Waals surface area contributed by atoms with Gasteiger partial charge in [-0.2, -0.15) is 0 Å². The fraction of sp³-hybridized carbons (Fsp3) is 0.462. The predicted molar refractivity (Wildman–Crippen MR) is 73.4 cm³/mol. The SMILES string of the molecule is Cc1ccc(C(=O)CC2SCCCS2)cc1. The maximum absolute atomic E-state index is 12.0. The zero-order valence-electron chi connectivity index (χ0n) is 9.44. The van der Waals surface area contributed by atoms with Gasteiger partial charge in [-0.1, -0.05) is 29.8 Å². The fourth-order valence-corrected chi connectivity index (χ4v) is 4.49. The molecule has 1 fully saturated rings. The number of benzene rings is 1. The minimum Gasteiger partial charge on any atom is -0.294 e. The van der Waals surface area contributed by atoms with Gasteiger partial charge in [-0.3, -0.25) is 4.79 Å². The summed E-state index contributed by atoms with van der Waals surface area (Å²) in [5.74, 6) is 2.70. The minimum atomic E-state index is 0.284. The number of Topliss-reactive ketones (excluding diaryl/α,β-unsaturated/α-hetero) is 1. The number of hydrogen-bond donors (Lipinski definition) is 0. The second-order valence-electron chi connectivity index (χ2n) is 4.02. The van der Waals surface area contributed by atoms with Crippen molar-refractivity contribution in [3.63, 3.8) is 0 Å². The van der Waals surface area contributed by atoms with Crippen LogP contribution in [0.4, 0.5) is 0 Å². The minimum absolute atomic E-state index is 0.284. The van der Waals surface area contributed by atoms with Gasteiger partial charge in [-0.15, -0.1) is 23.5 Å². The average Bonchev–Trinajstić information content (AvgIpc) is 2.31. The monoisotopic (exact) mass is 252 g/mol. The van der Waals surface area contributed by atoms with Crippen LogP contribution in [0, 0.1) is 6.92 Å². The average molecular weight is 252 g/mol. The summed E-state index contributed by atoms with van der Waals surface area (Å²) in [6, 6.07) is 7.90. The summed E-state index contributed by atoms with van der Waals surface area (Å²) in [5.41, 5.74) is 2.07. The van der Waals surface area contributed by atoms with Gasteiger partial charge >= 0.3 is 0 Å². The first-order valence-corrected chi connectivity index (χ1v) is 7.68. The molecule has 1 heterocycles.